The van der Waals surface area contributed by atoms with E-state index in [1.165, 1.54) is 0 Å². The molecule has 0 saturated carbocycles. The molecule has 4 N–H and O–H groups in total. The molecule has 110 valence electrons. The van der Waals surface area contributed by atoms with E-state index in [0.29, 0.717) is 13.1 Å². The summed E-state index contributed by atoms with van der Waals surface area (Å²) in [5.74, 6) is -0.337. The van der Waals surface area contributed by atoms with Crippen LogP contribution in [-0.4, -0.2) is 17.4 Å². The fraction of sp³-hybridized carbons (Fsp3) is 0.188. The average Bonchev–Trinajstić information content (AvgIpc) is 2.40. The van der Waals surface area contributed by atoms with Crippen LogP contribution in [0.2, 0.25) is 0 Å². The Morgan fingerprint density at radius 2 is 1.71 bits per heavy atom. The van der Waals surface area contributed by atoms with Gasteiger partial charge < -0.3 is 11.5 Å². The molecule has 0 aromatic heterocycles. The molecule has 0 saturated heterocycles. The Hall–Kier alpha value is -1.85. The first-order valence-corrected chi connectivity index (χ1v) is 7.42. The van der Waals surface area contributed by atoms with Crippen LogP contribution in [0, 0.1) is 0 Å². The summed E-state index contributed by atoms with van der Waals surface area (Å²) in [6.45, 7) is 1.50. The highest BCUT2D eigenvalue weighted by atomic mass is 79.9. The summed E-state index contributed by atoms with van der Waals surface area (Å²) in [5, 5.41) is 0. The molecule has 0 aliphatic rings. The minimum absolute atomic E-state index is 0.213. The molecule has 1 amide bonds. The lowest BCUT2D eigenvalue weighted by Crippen LogP contribution is -2.33. The van der Waals surface area contributed by atoms with Crippen LogP contribution < -0.4 is 11.5 Å². The second-order valence-electron chi connectivity index (χ2n) is 4.98. The van der Waals surface area contributed by atoms with Crippen molar-refractivity contribution in [3.8, 4) is 0 Å². The van der Waals surface area contributed by atoms with Crippen molar-refractivity contribution in [3.05, 3.63) is 64.1 Å². The number of carbonyl (C=O) groups excluding carboxylic acids is 1. The first-order valence-electron chi connectivity index (χ1n) is 6.62. The Labute approximate surface area is 132 Å². The van der Waals surface area contributed by atoms with Crippen LogP contribution in [0.1, 0.15) is 11.1 Å². The van der Waals surface area contributed by atoms with Gasteiger partial charge >= 0.3 is 0 Å². The van der Waals surface area contributed by atoms with Crippen LogP contribution in [0.15, 0.2) is 53.0 Å². The Bertz CT molecular complexity index is 613. The van der Waals surface area contributed by atoms with E-state index in [1.54, 1.807) is 0 Å². The molecule has 0 heterocycles. The van der Waals surface area contributed by atoms with Crippen molar-refractivity contribution >= 4 is 27.5 Å². The van der Waals surface area contributed by atoms with Crippen molar-refractivity contribution in [2.24, 2.45) is 5.73 Å². The maximum Gasteiger partial charge on any atom is 0.231 e. The minimum atomic E-state index is -0.337. The highest BCUT2D eigenvalue weighted by Crippen LogP contribution is 2.15. The normalized spacial score (nSPS) is 10.8. The van der Waals surface area contributed by atoms with Crippen LogP contribution in [0.25, 0.3) is 0 Å². The molecule has 5 heteroatoms. The van der Waals surface area contributed by atoms with E-state index in [4.69, 9.17) is 11.5 Å². The number of nitrogens with two attached hydrogens (primary N) is 2. The van der Waals surface area contributed by atoms with E-state index >= 15 is 0 Å². The van der Waals surface area contributed by atoms with Crippen molar-refractivity contribution in [2.75, 3.05) is 12.3 Å². The van der Waals surface area contributed by atoms with Gasteiger partial charge in [0.05, 0.1) is 6.54 Å². The summed E-state index contributed by atoms with van der Waals surface area (Å²) >= 11 is 3.41. The summed E-state index contributed by atoms with van der Waals surface area (Å²) in [6.07, 6.45) is 0. The van der Waals surface area contributed by atoms with Crippen LogP contribution in [-0.2, 0) is 17.9 Å². The Morgan fingerprint density at radius 1 is 1.05 bits per heavy atom. The number of primary amides is 1. The summed E-state index contributed by atoms with van der Waals surface area (Å²) in [6, 6.07) is 15.7. The molecule has 0 aliphatic carbocycles. The third-order valence-electron chi connectivity index (χ3n) is 3.06. The van der Waals surface area contributed by atoms with E-state index in [1.807, 2.05) is 53.4 Å². The number of benzene rings is 2. The number of nitrogen functional groups attached to an aromatic ring is 1. The van der Waals surface area contributed by atoms with Gasteiger partial charge in [0.1, 0.15) is 0 Å². The van der Waals surface area contributed by atoms with Gasteiger partial charge in [0.2, 0.25) is 5.91 Å². The van der Waals surface area contributed by atoms with Gasteiger partial charge in [-0.2, -0.15) is 0 Å². The van der Waals surface area contributed by atoms with Crippen LogP contribution in [0.4, 0.5) is 5.69 Å². The van der Waals surface area contributed by atoms with Crippen LogP contribution >= 0.6 is 15.9 Å². The SMILES string of the molecule is NC(=O)CN(Cc1ccc(Br)cc1)Cc1cccc(N)c1. The first-order chi connectivity index (χ1) is 10.0. The molecule has 0 unspecified atom stereocenters. The number of carbonyl (C=O) groups is 1. The topological polar surface area (TPSA) is 72.4 Å². The molecule has 2 aromatic carbocycles. The second kappa shape index (κ2) is 7.24. The molecule has 2 aromatic rings. The molecule has 0 radical (unpaired) electrons. The standard InChI is InChI=1S/C16H18BrN3O/c17-14-6-4-12(5-7-14)9-20(11-16(19)21)10-13-2-1-3-15(18)8-13/h1-8H,9-11,18H2,(H2,19,21). The second-order valence-corrected chi connectivity index (χ2v) is 5.90. The molecule has 2 rings (SSSR count). The van der Waals surface area contributed by atoms with Gasteiger partial charge in [-0.05, 0) is 35.4 Å². The number of hydrogen-bond donors (Lipinski definition) is 2. The fourth-order valence-electron chi connectivity index (χ4n) is 2.19. The van der Waals surface area contributed by atoms with Crippen molar-refractivity contribution in [1.82, 2.24) is 4.90 Å². The Balaban J connectivity index is 2.10. The maximum absolute atomic E-state index is 11.3. The van der Waals surface area contributed by atoms with Gasteiger partial charge in [-0.25, -0.2) is 0 Å². The molecule has 0 spiro atoms. The summed E-state index contributed by atoms with van der Waals surface area (Å²) in [5.41, 5.74) is 14.0. The number of anilines is 1. The van der Waals surface area contributed by atoms with E-state index in [9.17, 15) is 4.79 Å². The molecule has 4 nitrogen and oxygen atoms in total. The van der Waals surface area contributed by atoms with Gasteiger partial charge in [0.15, 0.2) is 0 Å². The largest absolute Gasteiger partial charge is 0.399 e. The van der Waals surface area contributed by atoms with E-state index in [0.717, 1.165) is 21.3 Å². The van der Waals surface area contributed by atoms with Gasteiger partial charge in [0.25, 0.3) is 0 Å². The number of amides is 1. The number of nitrogens with zero attached hydrogens (tertiary/aromatic N) is 1. The van der Waals surface area contributed by atoms with E-state index in [2.05, 4.69) is 15.9 Å². The number of rotatable bonds is 6. The highest BCUT2D eigenvalue weighted by molar-refractivity contribution is 9.10. The van der Waals surface area contributed by atoms with Crippen molar-refractivity contribution in [2.45, 2.75) is 13.1 Å². The molecule has 0 bridgehead atoms. The predicted octanol–water partition coefficient (Wildman–Crippen LogP) is 2.52. The summed E-state index contributed by atoms with van der Waals surface area (Å²) < 4.78 is 1.03. The zero-order valence-corrected chi connectivity index (χ0v) is 13.2. The quantitative estimate of drug-likeness (QED) is 0.788. The third-order valence-corrected chi connectivity index (χ3v) is 3.58. The molecular formula is C16H18BrN3O. The monoisotopic (exact) mass is 347 g/mol. The number of hydrogen-bond acceptors (Lipinski definition) is 3. The van der Waals surface area contributed by atoms with Crippen LogP contribution in [0.3, 0.4) is 0 Å². The third kappa shape index (κ3) is 5.21. The minimum Gasteiger partial charge on any atom is -0.399 e. The lowest BCUT2D eigenvalue weighted by Gasteiger charge is -2.21. The predicted molar refractivity (Wildman–Crippen MR) is 88.3 cm³/mol. The maximum atomic E-state index is 11.3. The number of halogens is 1. The van der Waals surface area contributed by atoms with Crippen molar-refractivity contribution in [1.29, 1.82) is 0 Å². The Kier molecular flexibility index (Phi) is 5.36. The molecule has 0 aliphatic heterocycles. The Morgan fingerprint density at radius 3 is 2.33 bits per heavy atom. The lowest BCUT2D eigenvalue weighted by atomic mass is 10.1. The lowest BCUT2D eigenvalue weighted by molar-refractivity contribution is -0.119. The average molecular weight is 348 g/mol. The van der Waals surface area contributed by atoms with E-state index in [-0.39, 0.29) is 12.5 Å². The molecule has 0 fully saturated rings. The van der Waals surface area contributed by atoms with E-state index < -0.39 is 0 Å². The van der Waals surface area contributed by atoms with Gasteiger partial charge in [-0.1, -0.05) is 40.2 Å². The molecular weight excluding hydrogens is 330 g/mol. The fourth-order valence-corrected chi connectivity index (χ4v) is 2.45. The molecule has 0 atom stereocenters. The first kappa shape index (κ1) is 15.5. The summed E-state index contributed by atoms with van der Waals surface area (Å²) in [4.78, 5) is 13.3. The van der Waals surface area contributed by atoms with Crippen LogP contribution in [0.5, 0.6) is 0 Å². The van der Waals surface area contributed by atoms with Gasteiger partial charge in [0, 0.05) is 23.2 Å². The van der Waals surface area contributed by atoms with Gasteiger partial charge in [-0.15, -0.1) is 0 Å². The van der Waals surface area contributed by atoms with Gasteiger partial charge in [-0.3, -0.25) is 9.69 Å². The zero-order chi connectivity index (χ0) is 15.2. The smallest absolute Gasteiger partial charge is 0.231 e. The van der Waals surface area contributed by atoms with Crippen molar-refractivity contribution < 1.29 is 4.79 Å². The zero-order valence-electron chi connectivity index (χ0n) is 11.6. The molecule has 21 heavy (non-hydrogen) atoms. The highest BCUT2D eigenvalue weighted by Gasteiger charge is 2.10. The summed E-state index contributed by atoms with van der Waals surface area (Å²) in [7, 11) is 0. The van der Waals surface area contributed by atoms with Crippen molar-refractivity contribution in [3.63, 3.8) is 0 Å².